The maximum absolute atomic E-state index is 13.0. The summed E-state index contributed by atoms with van der Waals surface area (Å²) in [4.78, 5) is 34.4. The molecular formula is C24H25N3O2S. The normalized spacial score (nSPS) is 16.4. The van der Waals surface area contributed by atoms with Gasteiger partial charge in [0, 0.05) is 30.9 Å². The third kappa shape index (κ3) is 3.60. The Bertz CT molecular complexity index is 1180. The molecule has 0 atom stereocenters. The number of nitrogens with zero attached hydrogens (tertiary/aromatic N) is 3. The van der Waals surface area contributed by atoms with Gasteiger partial charge in [-0.05, 0) is 48.8 Å². The highest BCUT2D eigenvalue weighted by Gasteiger charge is 2.21. The van der Waals surface area contributed by atoms with Crippen molar-refractivity contribution in [1.29, 1.82) is 0 Å². The van der Waals surface area contributed by atoms with Gasteiger partial charge in [0.2, 0.25) is 5.91 Å². The van der Waals surface area contributed by atoms with Gasteiger partial charge in [-0.25, -0.2) is 4.98 Å². The van der Waals surface area contributed by atoms with E-state index in [-0.39, 0.29) is 11.5 Å². The quantitative estimate of drug-likeness (QED) is 0.641. The van der Waals surface area contributed by atoms with Crippen LogP contribution in [0.5, 0.6) is 0 Å². The molecule has 2 aliphatic rings. The molecule has 1 amide bonds. The highest BCUT2D eigenvalue weighted by Crippen LogP contribution is 2.33. The first kappa shape index (κ1) is 19.2. The fourth-order valence-corrected chi connectivity index (χ4v) is 5.74. The van der Waals surface area contributed by atoms with Crippen molar-refractivity contribution in [2.45, 2.75) is 45.1 Å². The standard InChI is InChI=1S/C24H25N3O2S/c28-21(26-13-10-18(11-14-26)17-6-2-1-3-7-17)12-15-27-16-25-23-22(24(27)29)19-8-4-5-9-20(19)30-23/h1-3,6-7,10,16H,4-5,8-9,11-15H2. The molecule has 6 heteroatoms. The minimum absolute atomic E-state index is 0.0112. The van der Waals surface area contributed by atoms with Gasteiger partial charge in [0.1, 0.15) is 4.83 Å². The molecule has 5 nitrogen and oxygen atoms in total. The lowest BCUT2D eigenvalue weighted by atomic mass is 9.97. The number of aryl methyl sites for hydroxylation is 3. The summed E-state index contributed by atoms with van der Waals surface area (Å²) in [6.45, 7) is 1.74. The molecule has 154 valence electrons. The van der Waals surface area contributed by atoms with Gasteiger partial charge in [-0.1, -0.05) is 36.4 Å². The molecule has 1 aliphatic heterocycles. The Labute approximate surface area is 179 Å². The van der Waals surface area contributed by atoms with Crippen molar-refractivity contribution in [3.63, 3.8) is 0 Å². The first-order chi connectivity index (χ1) is 14.7. The second kappa shape index (κ2) is 8.19. The van der Waals surface area contributed by atoms with Gasteiger partial charge in [-0.2, -0.15) is 0 Å². The van der Waals surface area contributed by atoms with E-state index >= 15 is 0 Å². The monoisotopic (exact) mass is 419 g/mol. The Morgan fingerprint density at radius 2 is 1.93 bits per heavy atom. The number of carbonyl (C=O) groups is 1. The molecule has 0 radical (unpaired) electrons. The molecule has 0 bridgehead atoms. The summed E-state index contributed by atoms with van der Waals surface area (Å²) in [7, 11) is 0. The first-order valence-corrected chi connectivity index (χ1v) is 11.5. The van der Waals surface area contributed by atoms with Crippen LogP contribution in [0.4, 0.5) is 0 Å². The number of aromatic nitrogens is 2. The highest BCUT2D eigenvalue weighted by atomic mass is 32.1. The Kier molecular flexibility index (Phi) is 5.25. The van der Waals surface area contributed by atoms with E-state index in [4.69, 9.17) is 0 Å². The predicted molar refractivity (Wildman–Crippen MR) is 121 cm³/mol. The topological polar surface area (TPSA) is 55.2 Å². The average Bonchev–Trinajstić information content (AvgIpc) is 3.18. The summed E-state index contributed by atoms with van der Waals surface area (Å²) in [5.74, 6) is 0.0951. The maximum atomic E-state index is 13.0. The van der Waals surface area contributed by atoms with E-state index < -0.39 is 0 Å². The molecule has 0 fully saturated rings. The van der Waals surface area contributed by atoms with Crippen LogP contribution in [-0.4, -0.2) is 33.4 Å². The Morgan fingerprint density at radius 3 is 2.73 bits per heavy atom. The van der Waals surface area contributed by atoms with Crippen LogP contribution in [0.3, 0.4) is 0 Å². The van der Waals surface area contributed by atoms with Gasteiger partial charge in [-0.3, -0.25) is 14.2 Å². The lowest BCUT2D eigenvalue weighted by Gasteiger charge is -2.27. The number of carbonyl (C=O) groups excluding carboxylic acids is 1. The molecule has 0 unspecified atom stereocenters. The van der Waals surface area contributed by atoms with Crippen LogP contribution >= 0.6 is 11.3 Å². The van der Waals surface area contributed by atoms with Crippen LogP contribution in [0.25, 0.3) is 15.8 Å². The van der Waals surface area contributed by atoms with Gasteiger partial charge in [-0.15, -0.1) is 11.3 Å². The van der Waals surface area contributed by atoms with E-state index in [9.17, 15) is 9.59 Å². The molecule has 1 aliphatic carbocycles. The number of amides is 1. The van der Waals surface area contributed by atoms with Crippen molar-refractivity contribution in [3.8, 4) is 0 Å². The predicted octanol–water partition coefficient (Wildman–Crippen LogP) is 4.04. The van der Waals surface area contributed by atoms with Gasteiger partial charge < -0.3 is 4.90 Å². The van der Waals surface area contributed by atoms with Crippen LogP contribution in [0.2, 0.25) is 0 Å². The molecule has 2 aromatic heterocycles. The van der Waals surface area contributed by atoms with Gasteiger partial charge in [0.15, 0.2) is 0 Å². The zero-order chi connectivity index (χ0) is 20.5. The van der Waals surface area contributed by atoms with E-state index in [1.807, 2.05) is 23.1 Å². The van der Waals surface area contributed by atoms with Crippen LogP contribution < -0.4 is 5.56 Å². The van der Waals surface area contributed by atoms with Crippen molar-refractivity contribution < 1.29 is 4.79 Å². The number of hydrogen-bond donors (Lipinski definition) is 0. The number of thiophene rings is 1. The SMILES string of the molecule is O=C(CCn1cnc2sc3c(c2c1=O)CCCC3)N1CC=C(c2ccccc2)CC1. The number of hydrogen-bond acceptors (Lipinski definition) is 4. The third-order valence-corrected chi connectivity index (χ3v) is 7.41. The lowest BCUT2D eigenvalue weighted by molar-refractivity contribution is -0.131. The van der Waals surface area contributed by atoms with Crippen molar-refractivity contribution in [2.24, 2.45) is 0 Å². The number of benzene rings is 1. The second-order valence-electron chi connectivity index (χ2n) is 8.07. The third-order valence-electron chi connectivity index (χ3n) is 6.21. The molecule has 3 heterocycles. The Hall–Kier alpha value is -2.73. The second-order valence-corrected chi connectivity index (χ2v) is 9.15. The zero-order valence-corrected chi connectivity index (χ0v) is 17.8. The summed E-state index contributed by atoms with van der Waals surface area (Å²) in [6.07, 6.45) is 9.31. The summed E-state index contributed by atoms with van der Waals surface area (Å²) in [6, 6.07) is 10.3. The van der Waals surface area contributed by atoms with Crippen LogP contribution in [0.1, 0.15) is 41.7 Å². The van der Waals surface area contributed by atoms with Crippen LogP contribution in [0.15, 0.2) is 47.5 Å². The number of fused-ring (bicyclic) bond motifs is 3. The van der Waals surface area contributed by atoms with Gasteiger partial charge in [0.25, 0.3) is 5.56 Å². The van der Waals surface area contributed by atoms with Crippen LogP contribution in [0, 0.1) is 0 Å². The van der Waals surface area contributed by atoms with E-state index in [1.54, 1.807) is 22.2 Å². The lowest BCUT2D eigenvalue weighted by Crippen LogP contribution is -2.35. The summed E-state index contributed by atoms with van der Waals surface area (Å²) in [5, 5.41) is 0.790. The fraction of sp³-hybridized carbons (Fsp3) is 0.375. The van der Waals surface area contributed by atoms with Crippen LogP contribution in [-0.2, 0) is 24.2 Å². The van der Waals surface area contributed by atoms with Crippen molar-refractivity contribution >= 4 is 33.0 Å². The first-order valence-electron chi connectivity index (χ1n) is 10.7. The van der Waals surface area contributed by atoms with Crippen molar-refractivity contribution in [2.75, 3.05) is 13.1 Å². The molecule has 0 spiro atoms. The van der Waals surface area contributed by atoms with Gasteiger partial charge >= 0.3 is 0 Å². The zero-order valence-electron chi connectivity index (χ0n) is 17.0. The van der Waals surface area contributed by atoms with E-state index in [0.717, 1.165) is 42.4 Å². The molecule has 1 aromatic carbocycles. The van der Waals surface area contributed by atoms with E-state index in [1.165, 1.54) is 28.0 Å². The highest BCUT2D eigenvalue weighted by molar-refractivity contribution is 7.18. The maximum Gasteiger partial charge on any atom is 0.262 e. The minimum Gasteiger partial charge on any atom is -0.339 e. The minimum atomic E-state index is 0.0112. The Balaban J connectivity index is 1.27. The van der Waals surface area contributed by atoms with Crippen molar-refractivity contribution in [1.82, 2.24) is 14.5 Å². The van der Waals surface area contributed by atoms with E-state index in [2.05, 4.69) is 23.2 Å². The van der Waals surface area contributed by atoms with Gasteiger partial charge in [0.05, 0.1) is 11.7 Å². The molecule has 3 aromatic rings. The number of rotatable bonds is 4. The summed E-state index contributed by atoms with van der Waals surface area (Å²) in [5.41, 5.74) is 3.74. The smallest absolute Gasteiger partial charge is 0.262 e. The molecular weight excluding hydrogens is 394 g/mol. The average molecular weight is 420 g/mol. The molecule has 0 saturated heterocycles. The largest absolute Gasteiger partial charge is 0.339 e. The molecule has 0 saturated carbocycles. The summed E-state index contributed by atoms with van der Waals surface area (Å²) < 4.78 is 1.62. The van der Waals surface area contributed by atoms with Crippen molar-refractivity contribution in [3.05, 3.63) is 69.1 Å². The molecule has 30 heavy (non-hydrogen) atoms. The molecule has 5 rings (SSSR count). The Morgan fingerprint density at radius 1 is 1.10 bits per heavy atom. The summed E-state index contributed by atoms with van der Waals surface area (Å²) >= 11 is 1.66. The molecule has 0 N–H and O–H groups in total. The fourth-order valence-electron chi connectivity index (χ4n) is 4.52. The van der Waals surface area contributed by atoms with E-state index in [0.29, 0.717) is 19.5 Å².